The Morgan fingerprint density at radius 2 is 1.95 bits per heavy atom. The molecule has 0 aromatic rings. The maximum atomic E-state index is 12.4. The van der Waals surface area contributed by atoms with Crippen molar-refractivity contribution in [2.75, 3.05) is 6.61 Å². The second-order valence-electron chi connectivity index (χ2n) is 5.82. The number of hydrogen-bond donors (Lipinski definition) is 2. The molecular weight excluding hydrogens is 260 g/mol. The van der Waals surface area contributed by atoms with E-state index >= 15 is 0 Å². The molecule has 2 aliphatic rings. The number of amides is 1. The first-order valence-corrected chi connectivity index (χ1v) is 7.69. The minimum atomic E-state index is -0.467. The molecule has 1 saturated heterocycles. The van der Waals surface area contributed by atoms with E-state index in [2.05, 4.69) is 5.32 Å². The zero-order valence-electron chi connectivity index (χ0n) is 11.6. The summed E-state index contributed by atoms with van der Waals surface area (Å²) in [5.41, 5.74) is 5.47. The maximum Gasteiger partial charge on any atom is 0.226 e. The van der Waals surface area contributed by atoms with Gasteiger partial charge in [0.15, 0.2) is 0 Å². The van der Waals surface area contributed by atoms with Crippen LogP contribution in [0.3, 0.4) is 0 Å². The third-order valence-corrected chi connectivity index (χ3v) is 4.89. The topological polar surface area (TPSA) is 64.3 Å². The Kier molecular flexibility index (Phi) is 4.79. The van der Waals surface area contributed by atoms with E-state index in [0.717, 1.165) is 32.1 Å². The molecule has 1 saturated carbocycles. The first-order chi connectivity index (χ1) is 9.05. The summed E-state index contributed by atoms with van der Waals surface area (Å²) in [5.74, 6) is -0.00539. The lowest BCUT2D eigenvalue weighted by Gasteiger charge is -2.34. The molecule has 1 heterocycles. The molecule has 5 heteroatoms. The first kappa shape index (κ1) is 14.7. The van der Waals surface area contributed by atoms with Gasteiger partial charge >= 0.3 is 0 Å². The van der Waals surface area contributed by atoms with E-state index < -0.39 is 5.54 Å². The average Bonchev–Trinajstić information content (AvgIpc) is 2.64. The molecule has 4 nitrogen and oxygen atoms in total. The number of rotatable bonds is 3. The predicted molar refractivity (Wildman–Crippen MR) is 78.9 cm³/mol. The van der Waals surface area contributed by atoms with Crippen molar-refractivity contribution in [1.29, 1.82) is 0 Å². The molecule has 2 rings (SSSR count). The fourth-order valence-corrected chi connectivity index (χ4v) is 3.42. The van der Waals surface area contributed by atoms with Crippen LogP contribution in [0.1, 0.15) is 51.9 Å². The number of thiocarbonyl (C=S) groups is 1. The maximum absolute atomic E-state index is 12.4. The fraction of sp³-hybridized carbons (Fsp3) is 0.857. The Labute approximate surface area is 120 Å². The minimum absolute atomic E-state index is 0.00539. The third-order valence-electron chi connectivity index (χ3n) is 4.50. The highest BCUT2D eigenvalue weighted by molar-refractivity contribution is 7.80. The summed E-state index contributed by atoms with van der Waals surface area (Å²) in [6, 6.07) is 0. The molecule has 2 fully saturated rings. The Balaban J connectivity index is 2.07. The molecule has 0 bridgehead atoms. The van der Waals surface area contributed by atoms with Crippen LogP contribution in [-0.4, -0.2) is 29.1 Å². The minimum Gasteiger partial charge on any atom is -0.391 e. The van der Waals surface area contributed by atoms with Crippen molar-refractivity contribution >= 4 is 23.1 Å². The van der Waals surface area contributed by atoms with Gasteiger partial charge in [0.25, 0.3) is 0 Å². The normalized spacial score (nSPS) is 30.6. The Bertz CT molecular complexity index is 351. The van der Waals surface area contributed by atoms with Crippen molar-refractivity contribution in [3.05, 3.63) is 0 Å². The molecule has 3 N–H and O–H groups in total. The molecule has 108 valence electrons. The number of hydrogen-bond acceptors (Lipinski definition) is 3. The van der Waals surface area contributed by atoms with Crippen molar-refractivity contribution < 1.29 is 9.53 Å². The fourth-order valence-electron chi connectivity index (χ4n) is 3.17. The van der Waals surface area contributed by atoms with Gasteiger partial charge in [0.2, 0.25) is 5.91 Å². The highest BCUT2D eigenvalue weighted by Crippen LogP contribution is 2.29. The van der Waals surface area contributed by atoms with Gasteiger partial charge in [-0.25, -0.2) is 0 Å². The number of ether oxygens (including phenoxy) is 1. The lowest BCUT2D eigenvalue weighted by Crippen LogP contribution is -2.58. The van der Waals surface area contributed by atoms with E-state index in [1.54, 1.807) is 0 Å². The monoisotopic (exact) mass is 284 g/mol. The molecule has 1 amide bonds. The van der Waals surface area contributed by atoms with Crippen molar-refractivity contribution in [2.24, 2.45) is 11.7 Å². The van der Waals surface area contributed by atoms with Gasteiger partial charge < -0.3 is 15.8 Å². The number of carbonyl (C=O) groups is 1. The second-order valence-corrected chi connectivity index (χ2v) is 6.26. The molecule has 1 aliphatic carbocycles. The second kappa shape index (κ2) is 6.18. The van der Waals surface area contributed by atoms with E-state index in [1.165, 1.54) is 12.8 Å². The van der Waals surface area contributed by atoms with E-state index in [1.807, 2.05) is 6.92 Å². The standard InChI is InChI=1S/C14H24N2O2S/c1-10-11(6-9-18-10)12(17)16-14(13(15)19)7-4-2-3-5-8-14/h10-11H,2-9H2,1H3,(H2,15,19)(H,16,17). The molecule has 0 radical (unpaired) electrons. The van der Waals surface area contributed by atoms with Gasteiger partial charge in [-0.3, -0.25) is 4.79 Å². The molecule has 0 spiro atoms. The quantitative estimate of drug-likeness (QED) is 0.614. The van der Waals surface area contributed by atoms with E-state index in [4.69, 9.17) is 22.7 Å². The van der Waals surface area contributed by atoms with Crippen LogP contribution in [-0.2, 0) is 9.53 Å². The number of carbonyl (C=O) groups excluding carboxylic acids is 1. The molecule has 2 atom stereocenters. The largest absolute Gasteiger partial charge is 0.391 e. The van der Waals surface area contributed by atoms with Crippen LogP contribution in [0.5, 0.6) is 0 Å². The summed E-state index contributed by atoms with van der Waals surface area (Å²) < 4.78 is 5.47. The van der Waals surface area contributed by atoms with Gasteiger partial charge in [0, 0.05) is 6.61 Å². The van der Waals surface area contributed by atoms with Gasteiger partial charge in [-0.1, -0.05) is 37.9 Å². The summed E-state index contributed by atoms with van der Waals surface area (Å²) in [6.07, 6.45) is 7.08. The zero-order valence-corrected chi connectivity index (χ0v) is 12.4. The van der Waals surface area contributed by atoms with E-state index in [9.17, 15) is 4.79 Å². The van der Waals surface area contributed by atoms with Gasteiger partial charge in [0.05, 0.1) is 22.5 Å². The molecule has 0 aromatic heterocycles. The molecule has 2 unspecified atom stereocenters. The summed E-state index contributed by atoms with van der Waals surface area (Å²) in [4.78, 5) is 12.9. The zero-order chi connectivity index (χ0) is 13.9. The highest BCUT2D eigenvalue weighted by atomic mass is 32.1. The third kappa shape index (κ3) is 3.26. The van der Waals surface area contributed by atoms with Crippen LogP contribution >= 0.6 is 12.2 Å². The smallest absolute Gasteiger partial charge is 0.226 e. The van der Waals surface area contributed by atoms with Crippen LogP contribution in [0.4, 0.5) is 0 Å². The number of nitrogens with one attached hydrogen (secondary N) is 1. The Morgan fingerprint density at radius 3 is 2.42 bits per heavy atom. The molecule has 19 heavy (non-hydrogen) atoms. The van der Waals surface area contributed by atoms with Gasteiger partial charge in [-0.2, -0.15) is 0 Å². The van der Waals surface area contributed by atoms with Crippen molar-refractivity contribution in [3.8, 4) is 0 Å². The summed E-state index contributed by atoms with van der Waals surface area (Å²) in [7, 11) is 0. The average molecular weight is 284 g/mol. The predicted octanol–water partition coefficient (Wildman–Crippen LogP) is 1.91. The Hall–Kier alpha value is -0.680. The Morgan fingerprint density at radius 1 is 1.32 bits per heavy atom. The van der Waals surface area contributed by atoms with Gasteiger partial charge in [-0.15, -0.1) is 0 Å². The lowest BCUT2D eigenvalue weighted by atomic mass is 9.88. The van der Waals surface area contributed by atoms with Crippen molar-refractivity contribution in [2.45, 2.75) is 63.5 Å². The van der Waals surface area contributed by atoms with E-state index in [0.29, 0.717) is 11.6 Å². The molecule has 1 aliphatic heterocycles. The van der Waals surface area contributed by atoms with Crippen molar-refractivity contribution in [3.63, 3.8) is 0 Å². The van der Waals surface area contributed by atoms with Crippen LogP contribution < -0.4 is 11.1 Å². The summed E-state index contributed by atoms with van der Waals surface area (Å²) >= 11 is 5.24. The molecular formula is C14H24N2O2S. The van der Waals surface area contributed by atoms with Gasteiger partial charge in [-0.05, 0) is 26.2 Å². The number of nitrogens with two attached hydrogens (primary N) is 1. The summed E-state index contributed by atoms with van der Waals surface area (Å²) in [5, 5.41) is 3.16. The first-order valence-electron chi connectivity index (χ1n) is 7.29. The van der Waals surface area contributed by atoms with Crippen LogP contribution in [0.2, 0.25) is 0 Å². The van der Waals surface area contributed by atoms with Crippen molar-refractivity contribution in [1.82, 2.24) is 5.32 Å². The SMILES string of the molecule is CC1OCCC1C(=O)NC1(C(N)=S)CCCCCC1. The van der Waals surface area contributed by atoms with E-state index in [-0.39, 0.29) is 17.9 Å². The summed E-state index contributed by atoms with van der Waals surface area (Å²) in [6.45, 7) is 2.62. The lowest BCUT2D eigenvalue weighted by molar-refractivity contribution is -0.127. The van der Waals surface area contributed by atoms with Gasteiger partial charge in [0.1, 0.15) is 0 Å². The molecule has 0 aromatic carbocycles. The van der Waals surface area contributed by atoms with Crippen LogP contribution in [0.15, 0.2) is 0 Å². The van der Waals surface area contributed by atoms with Crippen LogP contribution in [0.25, 0.3) is 0 Å². The highest BCUT2D eigenvalue weighted by Gasteiger charge is 2.39. The van der Waals surface area contributed by atoms with Crippen LogP contribution in [0, 0.1) is 5.92 Å².